The lowest BCUT2D eigenvalue weighted by atomic mass is 10.0. The Hall–Kier alpha value is -1.35. The highest BCUT2D eigenvalue weighted by Crippen LogP contribution is 2.31. The van der Waals surface area contributed by atoms with Crippen molar-refractivity contribution in [3.63, 3.8) is 0 Å². The summed E-state index contributed by atoms with van der Waals surface area (Å²) in [6, 6.07) is 10.6. The van der Waals surface area contributed by atoms with Gasteiger partial charge in [-0.2, -0.15) is 0 Å². The monoisotopic (exact) mass is 246 g/mol. The van der Waals surface area contributed by atoms with E-state index in [0.29, 0.717) is 6.54 Å². The van der Waals surface area contributed by atoms with E-state index in [2.05, 4.69) is 24.4 Å². The zero-order valence-electron chi connectivity index (χ0n) is 11.1. The Balaban J connectivity index is 1.97. The summed E-state index contributed by atoms with van der Waals surface area (Å²) in [4.78, 5) is 14.2. The molecule has 1 aliphatic heterocycles. The molecule has 0 spiro atoms. The molecular formula is C15H22N2O. The van der Waals surface area contributed by atoms with Crippen molar-refractivity contribution >= 4 is 5.91 Å². The van der Waals surface area contributed by atoms with Crippen LogP contribution in [-0.4, -0.2) is 30.4 Å². The minimum atomic E-state index is 0.231. The fourth-order valence-corrected chi connectivity index (χ4v) is 2.56. The lowest BCUT2D eigenvalue weighted by molar-refractivity contribution is -0.131. The van der Waals surface area contributed by atoms with Gasteiger partial charge >= 0.3 is 0 Å². The molecule has 1 unspecified atom stereocenters. The molecule has 98 valence electrons. The highest BCUT2D eigenvalue weighted by atomic mass is 16.2. The van der Waals surface area contributed by atoms with Crippen molar-refractivity contribution in [1.29, 1.82) is 0 Å². The molecule has 1 atom stereocenters. The molecule has 0 saturated carbocycles. The van der Waals surface area contributed by atoms with Crippen molar-refractivity contribution in [2.75, 3.05) is 19.6 Å². The highest BCUT2D eigenvalue weighted by molar-refractivity contribution is 5.79. The third kappa shape index (κ3) is 3.10. The Labute approximate surface area is 109 Å². The van der Waals surface area contributed by atoms with Crippen LogP contribution in [0.15, 0.2) is 30.3 Å². The summed E-state index contributed by atoms with van der Waals surface area (Å²) in [6.07, 6.45) is 3.26. The lowest BCUT2D eigenvalue weighted by Crippen LogP contribution is -2.38. The molecule has 0 aliphatic carbocycles. The second-order valence-corrected chi connectivity index (χ2v) is 4.83. The highest BCUT2D eigenvalue weighted by Gasteiger charge is 2.29. The zero-order chi connectivity index (χ0) is 12.8. The number of carbonyl (C=O) groups is 1. The molecule has 3 nitrogen and oxygen atoms in total. The summed E-state index contributed by atoms with van der Waals surface area (Å²) in [5.74, 6) is 0.231. The molecule has 1 aromatic carbocycles. The molecule has 1 fully saturated rings. The van der Waals surface area contributed by atoms with Crippen LogP contribution >= 0.6 is 0 Å². The molecule has 2 rings (SSSR count). The minimum absolute atomic E-state index is 0.231. The fourth-order valence-electron chi connectivity index (χ4n) is 2.56. The van der Waals surface area contributed by atoms with Crippen molar-refractivity contribution in [1.82, 2.24) is 10.2 Å². The van der Waals surface area contributed by atoms with E-state index >= 15 is 0 Å². The maximum atomic E-state index is 12.2. The van der Waals surface area contributed by atoms with Gasteiger partial charge in [-0.3, -0.25) is 4.79 Å². The third-order valence-corrected chi connectivity index (χ3v) is 3.46. The Kier molecular flexibility index (Phi) is 4.76. The van der Waals surface area contributed by atoms with Crippen LogP contribution in [0.4, 0.5) is 0 Å². The van der Waals surface area contributed by atoms with Gasteiger partial charge in [0.05, 0.1) is 12.6 Å². The van der Waals surface area contributed by atoms with Gasteiger partial charge in [-0.05, 0) is 31.4 Å². The van der Waals surface area contributed by atoms with E-state index in [0.717, 1.165) is 32.4 Å². The first-order chi connectivity index (χ1) is 8.83. The number of nitrogens with zero attached hydrogens (tertiary/aromatic N) is 1. The van der Waals surface area contributed by atoms with Gasteiger partial charge in [-0.25, -0.2) is 0 Å². The predicted octanol–water partition coefficient (Wildman–Crippen LogP) is 2.35. The second kappa shape index (κ2) is 6.55. The maximum Gasteiger partial charge on any atom is 0.237 e. The maximum absolute atomic E-state index is 12.2. The number of hydrogen-bond donors (Lipinski definition) is 1. The van der Waals surface area contributed by atoms with E-state index < -0.39 is 0 Å². The van der Waals surface area contributed by atoms with Crippen molar-refractivity contribution in [2.45, 2.75) is 32.2 Å². The van der Waals surface area contributed by atoms with Gasteiger partial charge in [0, 0.05) is 6.54 Å². The van der Waals surface area contributed by atoms with Crippen LogP contribution in [0.1, 0.15) is 37.8 Å². The third-order valence-electron chi connectivity index (χ3n) is 3.46. The number of amides is 1. The topological polar surface area (TPSA) is 32.3 Å². The van der Waals surface area contributed by atoms with Crippen LogP contribution in [0.2, 0.25) is 0 Å². The summed E-state index contributed by atoms with van der Waals surface area (Å²) in [5.41, 5.74) is 1.26. The molecular weight excluding hydrogens is 224 g/mol. The Morgan fingerprint density at radius 1 is 1.39 bits per heavy atom. The first kappa shape index (κ1) is 13.1. The first-order valence-electron chi connectivity index (χ1n) is 6.88. The molecule has 1 heterocycles. The summed E-state index contributed by atoms with van der Waals surface area (Å²) < 4.78 is 0. The van der Waals surface area contributed by atoms with Crippen molar-refractivity contribution < 1.29 is 4.79 Å². The molecule has 1 saturated heterocycles. The van der Waals surface area contributed by atoms with Gasteiger partial charge in [-0.15, -0.1) is 0 Å². The number of rotatable bonds is 5. The van der Waals surface area contributed by atoms with E-state index in [4.69, 9.17) is 0 Å². The molecule has 0 aromatic heterocycles. The van der Waals surface area contributed by atoms with Crippen LogP contribution in [-0.2, 0) is 4.79 Å². The number of carbonyl (C=O) groups excluding carboxylic acids is 1. The van der Waals surface area contributed by atoms with Gasteiger partial charge in [-0.1, -0.05) is 37.3 Å². The molecule has 0 bridgehead atoms. The predicted molar refractivity (Wildman–Crippen MR) is 73.3 cm³/mol. The summed E-state index contributed by atoms with van der Waals surface area (Å²) in [6.45, 7) is 4.39. The largest absolute Gasteiger partial charge is 0.335 e. The Bertz CT molecular complexity index is 377. The standard InChI is InChI=1S/C15H22N2O/c1-2-10-16-12-15(18)17-11-6-9-14(17)13-7-4-3-5-8-13/h3-5,7-8,14,16H,2,6,9-12H2,1H3. The molecule has 1 aliphatic rings. The second-order valence-electron chi connectivity index (χ2n) is 4.83. The summed E-state index contributed by atoms with van der Waals surface area (Å²) in [5, 5.41) is 3.19. The van der Waals surface area contributed by atoms with Crippen LogP contribution in [0.5, 0.6) is 0 Å². The van der Waals surface area contributed by atoms with Crippen molar-refractivity contribution in [3.8, 4) is 0 Å². The first-order valence-corrected chi connectivity index (χ1v) is 6.88. The van der Waals surface area contributed by atoms with E-state index in [1.807, 2.05) is 23.1 Å². The lowest BCUT2D eigenvalue weighted by Gasteiger charge is -2.25. The average Bonchev–Trinajstić information content (AvgIpc) is 2.89. The number of benzene rings is 1. The Morgan fingerprint density at radius 3 is 2.89 bits per heavy atom. The van der Waals surface area contributed by atoms with E-state index in [1.54, 1.807) is 0 Å². The van der Waals surface area contributed by atoms with Gasteiger partial charge in [0.25, 0.3) is 0 Å². The molecule has 1 amide bonds. The van der Waals surface area contributed by atoms with Gasteiger partial charge in [0.1, 0.15) is 0 Å². The van der Waals surface area contributed by atoms with E-state index in [-0.39, 0.29) is 11.9 Å². The van der Waals surface area contributed by atoms with Crippen LogP contribution < -0.4 is 5.32 Å². The quantitative estimate of drug-likeness (QED) is 0.809. The molecule has 1 aromatic rings. The summed E-state index contributed by atoms with van der Waals surface area (Å²) >= 11 is 0. The van der Waals surface area contributed by atoms with Crippen LogP contribution in [0, 0.1) is 0 Å². The number of hydrogen-bond acceptors (Lipinski definition) is 2. The molecule has 18 heavy (non-hydrogen) atoms. The van der Waals surface area contributed by atoms with Gasteiger partial charge in [0.15, 0.2) is 0 Å². The molecule has 1 N–H and O–H groups in total. The summed E-state index contributed by atoms with van der Waals surface area (Å²) in [7, 11) is 0. The van der Waals surface area contributed by atoms with Crippen LogP contribution in [0.25, 0.3) is 0 Å². The van der Waals surface area contributed by atoms with E-state index in [9.17, 15) is 4.79 Å². The number of likely N-dealkylation sites (tertiary alicyclic amines) is 1. The van der Waals surface area contributed by atoms with Crippen molar-refractivity contribution in [2.24, 2.45) is 0 Å². The van der Waals surface area contributed by atoms with Gasteiger partial charge < -0.3 is 10.2 Å². The van der Waals surface area contributed by atoms with E-state index in [1.165, 1.54) is 5.56 Å². The number of nitrogens with one attached hydrogen (secondary N) is 1. The average molecular weight is 246 g/mol. The fraction of sp³-hybridized carbons (Fsp3) is 0.533. The van der Waals surface area contributed by atoms with Crippen LogP contribution in [0.3, 0.4) is 0 Å². The smallest absolute Gasteiger partial charge is 0.237 e. The normalized spacial score (nSPS) is 19.2. The zero-order valence-corrected chi connectivity index (χ0v) is 11.1. The minimum Gasteiger partial charge on any atom is -0.335 e. The van der Waals surface area contributed by atoms with Gasteiger partial charge in [0.2, 0.25) is 5.91 Å². The molecule has 3 heteroatoms. The molecule has 0 radical (unpaired) electrons. The van der Waals surface area contributed by atoms with Crippen molar-refractivity contribution in [3.05, 3.63) is 35.9 Å². The Morgan fingerprint density at radius 2 is 2.17 bits per heavy atom. The SMILES string of the molecule is CCCNCC(=O)N1CCCC1c1ccccc1.